The van der Waals surface area contributed by atoms with Gasteiger partial charge in [-0.2, -0.15) is 5.26 Å². The van der Waals surface area contributed by atoms with Crippen LogP contribution in [0.2, 0.25) is 0 Å². The predicted molar refractivity (Wildman–Crippen MR) is 76.2 cm³/mol. The first-order valence-corrected chi connectivity index (χ1v) is 6.53. The first-order chi connectivity index (χ1) is 10.9. The number of carbonyl (C=O) groups excluding carboxylic acids is 1. The smallest absolute Gasteiger partial charge is 0.265 e. The van der Waals surface area contributed by atoms with Gasteiger partial charge in [0.25, 0.3) is 5.91 Å². The van der Waals surface area contributed by atoms with Gasteiger partial charge in [0.1, 0.15) is 5.75 Å². The van der Waals surface area contributed by atoms with Crippen LogP contribution in [0, 0.1) is 28.8 Å². The number of nitriles is 1. The molecule has 0 unspecified atom stereocenters. The fraction of sp³-hybridized carbons (Fsp3) is 0.125. The lowest BCUT2D eigenvalue weighted by Crippen LogP contribution is -2.30. The monoisotopic (exact) mass is 320 g/mol. The van der Waals surface area contributed by atoms with E-state index in [9.17, 15) is 18.0 Å². The van der Waals surface area contributed by atoms with Gasteiger partial charge in [0.15, 0.2) is 23.6 Å². The fourth-order valence-electron chi connectivity index (χ4n) is 1.72. The van der Waals surface area contributed by atoms with E-state index in [0.717, 1.165) is 6.07 Å². The molecule has 0 heterocycles. The van der Waals surface area contributed by atoms with Crippen molar-refractivity contribution in [2.24, 2.45) is 0 Å². The number of hydrogen-bond acceptors (Lipinski definition) is 3. The van der Waals surface area contributed by atoms with Crippen molar-refractivity contribution in [1.82, 2.24) is 0 Å². The number of hydrogen-bond donors (Lipinski definition) is 1. The summed E-state index contributed by atoms with van der Waals surface area (Å²) in [6, 6.07) is 9.58. The molecular formula is C16H11F3N2O2. The Labute approximate surface area is 130 Å². The third-order valence-corrected chi connectivity index (χ3v) is 2.96. The van der Waals surface area contributed by atoms with E-state index in [4.69, 9.17) is 10.00 Å². The number of halogens is 3. The highest BCUT2D eigenvalue weighted by Crippen LogP contribution is 2.20. The Balaban J connectivity index is 2.05. The summed E-state index contributed by atoms with van der Waals surface area (Å²) in [7, 11) is 0. The zero-order chi connectivity index (χ0) is 17.0. The lowest BCUT2D eigenvalue weighted by Gasteiger charge is -2.15. The summed E-state index contributed by atoms with van der Waals surface area (Å²) in [6.45, 7) is 1.41. The second-order valence-electron chi connectivity index (χ2n) is 4.61. The van der Waals surface area contributed by atoms with Gasteiger partial charge in [-0.3, -0.25) is 4.79 Å². The lowest BCUT2D eigenvalue weighted by molar-refractivity contribution is -0.122. The fourth-order valence-corrected chi connectivity index (χ4v) is 1.72. The van der Waals surface area contributed by atoms with Gasteiger partial charge >= 0.3 is 0 Å². The van der Waals surface area contributed by atoms with Gasteiger partial charge < -0.3 is 10.1 Å². The molecule has 1 amide bonds. The zero-order valence-electron chi connectivity index (χ0n) is 11.9. The third kappa shape index (κ3) is 3.80. The molecule has 1 atom stereocenters. The number of ether oxygens (including phenoxy) is 1. The molecular weight excluding hydrogens is 309 g/mol. The minimum atomic E-state index is -1.66. The molecule has 2 rings (SSSR count). The SMILES string of the molecule is C[C@@H](Oc1ccc(C#N)cc1)C(=O)Nc1ccc(F)c(F)c1F. The van der Waals surface area contributed by atoms with E-state index in [1.165, 1.54) is 31.2 Å². The average Bonchev–Trinajstić information content (AvgIpc) is 2.56. The molecule has 0 fully saturated rings. The Bertz CT molecular complexity index is 770. The Hall–Kier alpha value is -3.01. The molecule has 0 aromatic heterocycles. The normalized spacial score (nSPS) is 11.4. The van der Waals surface area contributed by atoms with Crippen LogP contribution in [0.5, 0.6) is 5.75 Å². The second-order valence-corrected chi connectivity index (χ2v) is 4.61. The molecule has 0 saturated heterocycles. The summed E-state index contributed by atoms with van der Waals surface area (Å²) in [6.07, 6.45) is -1.02. The maximum atomic E-state index is 13.5. The standard InChI is InChI=1S/C16H11F3N2O2/c1-9(23-11-4-2-10(8-20)3-5-11)16(22)21-13-7-6-12(17)14(18)15(13)19/h2-7,9H,1H3,(H,21,22)/t9-/m1/s1. The Morgan fingerprint density at radius 1 is 1.13 bits per heavy atom. The van der Waals surface area contributed by atoms with Gasteiger partial charge in [-0.25, -0.2) is 13.2 Å². The molecule has 0 bridgehead atoms. The van der Waals surface area contributed by atoms with Crippen LogP contribution in [0.1, 0.15) is 12.5 Å². The van der Waals surface area contributed by atoms with Crippen molar-refractivity contribution < 1.29 is 22.7 Å². The number of anilines is 1. The Kier molecular flexibility index (Phi) is 4.86. The summed E-state index contributed by atoms with van der Waals surface area (Å²) in [5.41, 5.74) is -0.0532. The van der Waals surface area contributed by atoms with E-state index in [1.54, 1.807) is 0 Å². The van der Waals surface area contributed by atoms with Crippen molar-refractivity contribution in [2.45, 2.75) is 13.0 Å². The number of carbonyl (C=O) groups is 1. The topological polar surface area (TPSA) is 62.1 Å². The zero-order valence-corrected chi connectivity index (χ0v) is 11.9. The molecule has 0 aliphatic rings. The summed E-state index contributed by atoms with van der Waals surface area (Å²) in [5.74, 6) is -4.90. The molecule has 0 aliphatic carbocycles. The van der Waals surface area contributed by atoms with Gasteiger partial charge in [0.05, 0.1) is 17.3 Å². The van der Waals surface area contributed by atoms with Gasteiger partial charge in [-0.15, -0.1) is 0 Å². The van der Waals surface area contributed by atoms with Crippen molar-refractivity contribution in [3.05, 3.63) is 59.4 Å². The second kappa shape index (κ2) is 6.83. The molecule has 2 aromatic rings. The first kappa shape index (κ1) is 16.4. The van der Waals surface area contributed by atoms with E-state index < -0.39 is 35.2 Å². The highest BCUT2D eigenvalue weighted by Gasteiger charge is 2.19. The van der Waals surface area contributed by atoms with E-state index >= 15 is 0 Å². The predicted octanol–water partition coefficient (Wildman–Crippen LogP) is 3.38. The van der Waals surface area contributed by atoms with Gasteiger partial charge in [0, 0.05) is 0 Å². The molecule has 23 heavy (non-hydrogen) atoms. The minimum Gasteiger partial charge on any atom is -0.481 e. The lowest BCUT2D eigenvalue weighted by atomic mass is 10.2. The number of nitrogens with one attached hydrogen (secondary N) is 1. The average molecular weight is 320 g/mol. The Morgan fingerprint density at radius 2 is 1.78 bits per heavy atom. The summed E-state index contributed by atoms with van der Waals surface area (Å²) >= 11 is 0. The van der Waals surface area contributed by atoms with Crippen molar-refractivity contribution in [3.8, 4) is 11.8 Å². The molecule has 118 valence electrons. The molecule has 4 nitrogen and oxygen atoms in total. The highest BCUT2D eigenvalue weighted by atomic mass is 19.2. The van der Waals surface area contributed by atoms with Gasteiger partial charge in [-0.1, -0.05) is 0 Å². The van der Waals surface area contributed by atoms with Crippen molar-refractivity contribution in [3.63, 3.8) is 0 Å². The van der Waals surface area contributed by atoms with Crippen molar-refractivity contribution in [1.29, 1.82) is 5.26 Å². The van der Waals surface area contributed by atoms with Crippen LogP contribution in [0.4, 0.5) is 18.9 Å². The van der Waals surface area contributed by atoms with Crippen LogP contribution in [0.25, 0.3) is 0 Å². The van der Waals surface area contributed by atoms with Crippen molar-refractivity contribution >= 4 is 11.6 Å². The molecule has 7 heteroatoms. The van der Waals surface area contributed by atoms with E-state index in [-0.39, 0.29) is 0 Å². The quantitative estimate of drug-likeness (QED) is 0.879. The first-order valence-electron chi connectivity index (χ1n) is 6.53. The minimum absolute atomic E-state index is 0.331. The summed E-state index contributed by atoms with van der Waals surface area (Å²) in [5, 5.41) is 10.8. The molecule has 1 N–H and O–H groups in total. The third-order valence-electron chi connectivity index (χ3n) is 2.96. The number of amides is 1. The molecule has 0 spiro atoms. The van der Waals surface area contributed by atoms with Crippen LogP contribution in [0.15, 0.2) is 36.4 Å². The molecule has 2 aromatic carbocycles. The van der Waals surface area contributed by atoms with E-state index in [0.29, 0.717) is 17.4 Å². The number of rotatable bonds is 4. The van der Waals surface area contributed by atoms with Gasteiger partial charge in [-0.05, 0) is 43.3 Å². The van der Waals surface area contributed by atoms with E-state index in [1.807, 2.05) is 6.07 Å². The summed E-state index contributed by atoms with van der Waals surface area (Å²) in [4.78, 5) is 11.9. The van der Waals surface area contributed by atoms with Crippen LogP contribution >= 0.6 is 0 Å². The summed E-state index contributed by atoms with van der Waals surface area (Å²) < 4.78 is 44.8. The maximum Gasteiger partial charge on any atom is 0.265 e. The molecule has 0 aliphatic heterocycles. The van der Waals surface area contributed by atoms with Crippen LogP contribution in [0.3, 0.4) is 0 Å². The highest BCUT2D eigenvalue weighted by molar-refractivity contribution is 5.94. The van der Waals surface area contributed by atoms with Crippen molar-refractivity contribution in [2.75, 3.05) is 5.32 Å². The van der Waals surface area contributed by atoms with Crippen LogP contribution < -0.4 is 10.1 Å². The van der Waals surface area contributed by atoms with Crippen LogP contribution in [-0.4, -0.2) is 12.0 Å². The molecule has 0 saturated carbocycles. The van der Waals surface area contributed by atoms with Crippen LogP contribution in [-0.2, 0) is 4.79 Å². The van der Waals surface area contributed by atoms with E-state index in [2.05, 4.69) is 5.32 Å². The van der Waals surface area contributed by atoms with Gasteiger partial charge in [0.2, 0.25) is 0 Å². The number of nitrogens with zero attached hydrogens (tertiary/aromatic N) is 1. The number of benzene rings is 2. The molecule has 0 radical (unpaired) electrons. The Morgan fingerprint density at radius 3 is 2.39 bits per heavy atom. The largest absolute Gasteiger partial charge is 0.481 e. The maximum absolute atomic E-state index is 13.5.